The van der Waals surface area contributed by atoms with Gasteiger partial charge in [0, 0.05) is 23.0 Å². The molecular weight excluding hydrogens is 585 g/mol. The number of hydrogen-bond donors (Lipinski definition) is 0. The van der Waals surface area contributed by atoms with Gasteiger partial charge in [-0.3, -0.25) is 0 Å². The van der Waals surface area contributed by atoms with Crippen LogP contribution in [0.4, 0.5) is 30.7 Å². The van der Waals surface area contributed by atoms with E-state index in [-0.39, 0.29) is 16.5 Å². The molecule has 0 spiro atoms. The van der Waals surface area contributed by atoms with Gasteiger partial charge in [-0.15, -0.1) is 0 Å². The molecule has 1 heterocycles. The largest absolute Gasteiger partial charge is 0.458 e. The Bertz CT molecular complexity index is 1690. The number of alkyl halides is 3. The minimum Gasteiger partial charge on any atom is -0.348 e. The standard InChI is InChI=1S/C35H29F7O2/c1-2-3-4-5-6-21-19-43-34(44-20-21)23-9-7-22(8-10-23)24-11-12-27(29(36)16-24)25-15-26-18-30(37)28(13-14-35(40,41)42)33(39)32(26)31(38)17-25/h7-12,15-18,21,34H,2-6,19-20H2,1H3. The number of ether oxygens (including phenoxy) is 2. The molecule has 0 bridgehead atoms. The van der Waals surface area contributed by atoms with Gasteiger partial charge < -0.3 is 9.47 Å². The molecule has 0 unspecified atom stereocenters. The van der Waals surface area contributed by atoms with Crippen molar-refractivity contribution < 1.29 is 40.2 Å². The summed E-state index contributed by atoms with van der Waals surface area (Å²) in [6.45, 7) is 3.45. The van der Waals surface area contributed by atoms with Crippen molar-refractivity contribution in [3.8, 4) is 34.1 Å². The normalized spacial score (nSPS) is 17.0. The lowest BCUT2D eigenvalue weighted by atomic mass is 9.96. The average Bonchev–Trinajstić information content (AvgIpc) is 2.98. The van der Waals surface area contributed by atoms with Gasteiger partial charge in [0.1, 0.15) is 17.5 Å². The molecule has 5 rings (SSSR count). The zero-order valence-corrected chi connectivity index (χ0v) is 23.8. The Morgan fingerprint density at radius 1 is 0.750 bits per heavy atom. The second kappa shape index (κ2) is 13.4. The lowest BCUT2D eigenvalue weighted by molar-refractivity contribution is -0.206. The van der Waals surface area contributed by atoms with Crippen molar-refractivity contribution in [3.05, 3.63) is 95.1 Å². The van der Waals surface area contributed by atoms with E-state index in [2.05, 4.69) is 6.92 Å². The Kier molecular flexibility index (Phi) is 9.62. The molecule has 0 atom stereocenters. The first-order valence-corrected chi connectivity index (χ1v) is 14.4. The fraction of sp³-hybridized carbons (Fsp3) is 0.314. The summed E-state index contributed by atoms with van der Waals surface area (Å²) in [6.07, 6.45) is 0.424. The van der Waals surface area contributed by atoms with Gasteiger partial charge in [-0.1, -0.05) is 74.9 Å². The smallest absolute Gasteiger partial charge is 0.348 e. The van der Waals surface area contributed by atoms with E-state index in [1.165, 1.54) is 43.4 Å². The van der Waals surface area contributed by atoms with Crippen molar-refractivity contribution in [2.24, 2.45) is 5.92 Å². The quantitative estimate of drug-likeness (QED) is 0.112. The van der Waals surface area contributed by atoms with Crippen LogP contribution in [0.15, 0.2) is 60.7 Å². The van der Waals surface area contributed by atoms with Crippen LogP contribution < -0.4 is 0 Å². The second-order valence-corrected chi connectivity index (χ2v) is 10.9. The van der Waals surface area contributed by atoms with Crippen molar-refractivity contribution in [2.75, 3.05) is 13.2 Å². The maximum Gasteiger partial charge on any atom is 0.458 e. The zero-order valence-electron chi connectivity index (χ0n) is 23.8. The fourth-order valence-electron chi connectivity index (χ4n) is 5.34. The highest BCUT2D eigenvalue weighted by atomic mass is 19.4. The highest BCUT2D eigenvalue weighted by Gasteiger charge is 2.25. The molecule has 4 aromatic carbocycles. The van der Waals surface area contributed by atoms with Crippen LogP contribution in [0.3, 0.4) is 0 Å². The summed E-state index contributed by atoms with van der Waals surface area (Å²) in [5.41, 5.74) is 0.867. The molecule has 1 aliphatic heterocycles. The van der Waals surface area contributed by atoms with Crippen LogP contribution in [-0.4, -0.2) is 19.4 Å². The van der Waals surface area contributed by atoms with Gasteiger partial charge in [-0.25, -0.2) is 17.6 Å². The van der Waals surface area contributed by atoms with E-state index >= 15 is 4.39 Å². The van der Waals surface area contributed by atoms with Gasteiger partial charge >= 0.3 is 6.18 Å². The SMILES string of the molecule is CCCCCCC1COC(c2ccc(-c3ccc(-c4cc(F)c5c(F)c(C#CC(F)(F)F)c(F)cc5c4)c(F)c3)cc2)OC1. The summed E-state index contributed by atoms with van der Waals surface area (Å²) in [4.78, 5) is 0. The molecule has 1 aliphatic rings. The van der Waals surface area contributed by atoms with Gasteiger partial charge in [0.15, 0.2) is 12.1 Å². The minimum atomic E-state index is -4.99. The van der Waals surface area contributed by atoms with Crippen molar-refractivity contribution in [1.82, 2.24) is 0 Å². The van der Waals surface area contributed by atoms with Gasteiger partial charge in [0.25, 0.3) is 0 Å². The van der Waals surface area contributed by atoms with Crippen LogP contribution in [0.1, 0.15) is 56.4 Å². The monoisotopic (exact) mass is 614 g/mol. The van der Waals surface area contributed by atoms with Crippen LogP contribution in [0.5, 0.6) is 0 Å². The van der Waals surface area contributed by atoms with Crippen molar-refractivity contribution in [3.63, 3.8) is 0 Å². The van der Waals surface area contributed by atoms with Gasteiger partial charge in [0.05, 0.1) is 24.2 Å². The van der Waals surface area contributed by atoms with E-state index in [9.17, 15) is 26.3 Å². The van der Waals surface area contributed by atoms with Crippen LogP contribution in [0.2, 0.25) is 0 Å². The molecular formula is C35H29F7O2. The van der Waals surface area contributed by atoms with E-state index in [0.717, 1.165) is 30.4 Å². The molecule has 44 heavy (non-hydrogen) atoms. The summed E-state index contributed by atoms with van der Waals surface area (Å²) in [6, 6.07) is 14.3. The zero-order chi connectivity index (χ0) is 31.4. The Balaban J connectivity index is 1.32. The molecule has 9 heteroatoms. The maximum atomic E-state index is 15.3. The van der Waals surface area contributed by atoms with Crippen molar-refractivity contribution in [1.29, 1.82) is 0 Å². The summed E-state index contributed by atoms with van der Waals surface area (Å²) in [5.74, 6) is -2.31. The molecule has 0 N–H and O–H groups in total. The number of hydrogen-bond acceptors (Lipinski definition) is 2. The van der Waals surface area contributed by atoms with Crippen LogP contribution >= 0.6 is 0 Å². The predicted molar refractivity (Wildman–Crippen MR) is 154 cm³/mol. The first-order chi connectivity index (χ1) is 21.0. The topological polar surface area (TPSA) is 18.5 Å². The maximum absolute atomic E-state index is 15.3. The average molecular weight is 615 g/mol. The third-order valence-electron chi connectivity index (χ3n) is 7.64. The van der Waals surface area contributed by atoms with Crippen molar-refractivity contribution in [2.45, 2.75) is 51.5 Å². The van der Waals surface area contributed by atoms with E-state index in [1.54, 1.807) is 6.07 Å². The lowest BCUT2D eigenvalue weighted by Gasteiger charge is -2.29. The van der Waals surface area contributed by atoms with Crippen LogP contribution in [0.25, 0.3) is 33.0 Å². The number of benzene rings is 4. The Morgan fingerprint density at radius 3 is 2.09 bits per heavy atom. The molecule has 230 valence electrons. The Morgan fingerprint density at radius 2 is 1.43 bits per heavy atom. The number of fused-ring (bicyclic) bond motifs is 1. The van der Waals surface area contributed by atoms with Crippen molar-refractivity contribution >= 4 is 10.8 Å². The summed E-state index contributed by atoms with van der Waals surface area (Å²) in [5, 5.41) is -1.03. The lowest BCUT2D eigenvalue weighted by Crippen LogP contribution is -2.27. The number of halogens is 7. The molecule has 0 aromatic heterocycles. The molecule has 0 saturated carbocycles. The second-order valence-electron chi connectivity index (χ2n) is 10.9. The van der Waals surface area contributed by atoms with Gasteiger partial charge in [0.2, 0.25) is 0 Å². The minimum absolute atomic E-state index is 0.00223. The predicted octanol–water partition coefficient (Wildman–Crippen LogP) is 10.3. The van der Waals surface area contributed by atoms with Crippen LogP contribution in [-0.2, 0) is 9.47 Å². The Hall–Kier alpha value is -3.87. The molecule has 0 amide bonds. The summed E-state index contributed by atoms with van der Waals surface area (Å²) < 4.78 is 109. The molecule has 4 aromatic rings. The van der Waals surface area contributed by atoms with E-state index < -0.39 is 46.7 Å². The molecule has 1 fully saturated rings. The van der Waals surface area contributed by atoms with E-state index in [4.69, 9.17) is 9.47 Å². The highest BCUT2D eigenvalue weighted by Crippen LogP contribution is 2.35. The third kappa shape index (κ3) is 7.25. The summed E-state index contributed by atoms with van der Waals surface area (Å²) in [7, 11) is 0. The number of rotatable bonds is 8. The van der Waals surface area contributed by atoms with Gasteiger partial charge in [-0.05, 0) is 52.8 Å². The Labute approximate surface area is 250 Å². The van der Waals surface area contributed by atoms with E-state index in [0.29, 0.717) is 36.3 Å². The third-order valence-corrected chi connectivity index (χ3v) is 7.64. The first kappa shape index (κ1) is 31.6. The summed E-state index contributed by atoms with van der Waals surface area (Å²) >= 11 is 0. The molecule has 2 nitrogen and oxygen atoms in total. The van der Waals surface area contributed by atoms with Gasteiger partial charge in [-0.2, -0.15) is 13.2 Å². The fourth-order valence-corrected chi connectivity index (χ4v) is 5.34. The molecule has 0 aliphatic carbocycles. The first-order valence-electron chi connectivity index (χ1n) is 14.4. The highest BCUT2D eigenvalue weighted by molar-refractivity contribution is 5.90. The molecule has 1 saturated heterocycles. The van der Waals surface area contributed by atoms with Crippen LogP contribution in [0, 0.1) is 41.0 Å². The van der Waals surface area contributed by atoms with E-state index in [1.807, 2.05) is 24.3 Å². The number of unbranched alkanes of at least 4 members (excludes halogenated alkanes) is 3. The molecule has 0 radical (unpaired) electrons.